The second-order valence-corrected chi connectivity index (χ2v) is 9.81. The summed E-state index contributed by atoms with van der Waals surface area (Å²) < 4.78 is 3.91. The summed E-state index contributed by atoms with van der Waals surface area (Å²) in [5.74, 6) is -2.35. The van der Waals surface area contributed by atoms with Gasteiger partial charge in [0.2, 0.25) is 5.16 Å². The van der Waals surface area contributed by atoms with E-state index >= 15 is 0 Å². The number of nitrogens with zero attached hydrogens (tertiary/aromatic N) is 6. The van der Waals surface area contributed by atoms with Crippen molar-refractivity contribution < 1.29 is 24.7 Å². The van der Waals surface area contributed by atoms with Crippen LogP contribution in [0.15, 0.2) is 27.6 Å². The molecule has 0 spiro atoms. The summed E-state index contributed by atoms with van der Waals surface area (Å²) >= 11 is 3.44. The number of hydrogen-bond acceptors (Lipinski definition) is 13. The van der Waals surface area contributed by atoms with Gasteiger partial charge in [-0.05, 0) is 29.2 Å². The van der Waals surface area contributed by atoms with E-state index < -0.39 is 34.9 Å². The molecular weight excluding hydrogens is 482 g/mol. The van der Waals surface area contributed by atoms with Crippen molar-refractivity contribution in [2.24, 2.45) is 5.16 Å². The number of nitrogens with one attached hydrogen (secondary N) is 2. The van der Waals surface area contributed by atoms with Crippen molar-refractivity contribution in [3.8, 4) is 0 Å². The normalized spacial score (nSPS) is 21.7. The van der Waals surface area contributed by atoms with Crippen molar-refractivity contribution in [3.05, 3.63) is 23.0 Å². The van der Waals surface area contributed by atoms with Crippen LogP contribution < -0.4 is 11.1 Å². The first-order valence-electron chi connectivity index (χ1n) is 8.88. The molecule has 2 amide bonds. The van der Waals surface area contributed by atoms with Gasteiger partial charge in [-0.15, -0.1) is 22.0 Å². The lowest BCUT2D eigenvalue weighted by molar-refractivity contribution is -0.150. The number of rotatable bonds is 7. The highest BCUT2D eigenvalue weighted by Gasteiger charge is 2.55. The molecule has 2 aliphatic rings. The molecule has 1 saturated heterocycles. The Morgan fingerprint density at radius 1 is 1.50 bits per heavy atom. The van der Waals surface area contributed by atoms with E-state index in [2.05, 4.69) is 35.5 Å². The minimum absolute atomic E-state index is 0.0631. The summed E-state index contributed by atoms with van der Waals surface area (Å²) in [6.07, 6.45) is 0. The molecule has 1 fully saturated rings. The van der Waals surface area contributed by atoms with Gasteiger partial charge in [0.05, 0.1) is 0 Å². The smallest absolute Gasteiger partial charge is 0.352 e. The molecule has 1 unspecified atom stereocenters. The van der Waals surface area contributed by atoms with Crippen molar-refractivity contribution in [1.29, 1.82) is 0 Å². The first kappa shape index (κ1) is 22.0. The molecule has 2 aromatic heterocycles. The van der Waals surface area contributed by atoms with Crippen LogP contribution in [0.5, 0.6) is 0 Å². The Bertz CT molecular complexity index is 1130. The average Bonchev–Trinajstić information content (AvgIpc) is 3.43. The third-order valence-corrected chi connectivity index (χ3v) is 7.61. The molecule has 2 aliphatic heterocycles. The van der Waals surface area contributed by atoms with Gasteiger partial charge in [-0.25, -0.2) is 4.79 Å². The minimum atomic E-state index is -1.25. The van der Waals surface area contributed by atoms with Crippen LogP contribution in [0.2, 0.25) is 0 Å². The number of anilines is 1. The van der Waals surface area contributed by atoms with Crippen LogP contribution >= 0.6 is 35.1 Å². The fourth-order valence-corrected chi connectivity index (χ4v) is 6.13. The van der Waals surface area contributed by atoms with Gasteiger partial charge < -0.3 is 21.4 Å². The van der Waals surface area contributed by atoms with E-state index in [1.807, 2.05) is 0 Å². The van der Waals surface area contributed by atoms with Crippen molar-refractivity contribution in [2.75, 3.05) is 11.5 Å². The molecule has 4 rings (SSSR count). The number of carbonyl (C=O) groups excluding carboxylic acids is 2. The third-order valence-electron chi connectivity index (χ3n) is 4.67. The van der Waals surface area contributed by atoms with Gasteiger partial charge in [-0.2, -0.15) is 9.59 Å². The number of β-lactam (4-membered cyclic amide) rings is 1. The van der Waals surface area contributed by atoms with Crippen LogP contribution in [0.25, 0.3) is 0 Å². The first-order chi connectivity index (χ1) is 15.3. The number of nitrogen functional groups attached to an aromatic ring is 1. The maximum atomic E-state index is 12.8. The topological polar surface area (TPSA) is 213 Å². The Balaban J connectivity index is 1.52. The van der Waals surface area contributed by atoms with Gasteiger partial charge in [-0.1, -0.05) is 16.9 Å². The van der Waals surface area contributed by atoms with Gasteiger partial charge >= 0.3 is 5.97 Å². The Morgan fingerprint density at radius 3 is 2.88 bits per heavy atom. The predicted octanol–water partition coefficient (Wildman–Crippen LogP) is -0.664. The van der Waals surface area contributed by atoms with Crippen LogP contribution in [-0.2, 0) is 14.4 Å². The Kier molecular flexibility index (Phi) is 6.02. The van der Waals surface area contributed by atoms with Crippen LogP contribution in [0, 0.1) is 0 Å². The first-order valence-corrected chi connectivity index (χ1v) is 11.6. The van der Waals surface area contributed by atoms with E-state index in [0.717, 1.165) is 16.4 Å². The van der Waals surface area contributed by atoms with Gasteiger partial charge in [0.1, 0.15) is 27.8 Å². The highest BCUT2D eigenvalue weighted by molar-refractivity contribution is 8.01. The van der Waals surface area contributed by atoms with E-state index in [4.69, 9.17) is 5.73 Å². The highest BCUT2D eigenvalue weighted by atomic mass is 32.2. The highest BCUT2D eigenvalue weighted by Crippen LogP contribution is 2.43. The van der Waals surface area contributed by atoms with E-state index in [1.54, 1.807) is 6.92 Å². The Hall–Kier alpha value is -3.18. The van der Waals surface area contributed by atoms with Crippen LogP contribution in [0.1, 0.15) is 12.6 Å². The molecule has 0 saturated carbocycles. The lowest BCUT2D eigenvalue weighted by Crippen LogP contribution is -2.71. The monoisotopic (exact) mass is 497 g/mol. The molecule has 2 aromatic rings. The SMILES string of the molecule is CC(Sc1nn[nH]n1)C1=C(C(=O)O)N2C(=O)[C@@H](NC(=O)C(=NO)c3cc(N)sn3)[C@@H]2SC1. The summed E-state index contributed by atoms with van der Waals surface area (Å²) in [7, 11) is 0. The lowest BCUT2D eigenvalue weighted by Gasteiger charge is -2.49. The summed E-state index contributed by atoms with van der Waals surface area (Å²) in [6.45, 7) is 1.78. The lowest BCUT2D eigenvalue weighted by atomic mass is 10.0. The van der Waals surface area contributed by atoms with E-state index in [-0.39, 0.29) is 16.6 Å². The molecule has 0 aromatic carbocycles. The van der Waals surface area contributed by atoms with Crippen LogP contribution in [0.4, 0.5) is 5.00 Å². The largest absolute Gasteiger partial charge is 0.477 e. The summed E-state index contributed by atoms with van der Waals surface area (Å²) in [6, 6.07) is 0.375. The minimum Gasteiger partial charge on any atom is -0.477 e. The number of fused-ring (bicyclic) bond motifs is 1. The van der Waals surface area contributed by atoms with Gasteiger partial charge in [0.15, 0.2) is 5.71 Å². The van der Waals surface area contributed by atoms with E-state index in [0.29, 0.717) is 21.5 Å². The maximum Gasteiger partial charge on any atom is 0.352 e. The molecule has 32 heavy (non-hydrogen) atoms. The fraction of sp³-hybridized carbons (Fsp3) is 0.333. The average molecular weight is 498 g/mol. The summed E-state index contributed by atoms with van der Waals surface area (Å²) in [5.41, 5.74) is 5.66. The van der Waals surface area contributed by atoms with Gasteiger partial charge in [0, 0.05) is 17.1 Å². The van der Waals surface area contributed by atoms with E-state index in [1.165, 1.54) is 29.6 Å². The summed E-state index contributed by atoms with van der Waals surface area (Å²) in [4.78, 5) is 38.5. The zero-order valence-electron chi connectivity index (χ0n) is 16.1. The second-order valence-electron chi connectivity index (χ2n) is 6.56. The number of aromatic nitrogens is 5. The molecule has 3 atom stereocenters. The molecule has 0 aliphatic carbocycles. The number of aromatic amines is 1. The van der Waals surface area contributed by atoms with Crippen molar-refractivity contribution in [1.82, 2.24) is 35.2 Å². The van der Waals surface area contributed by atoms with Crippen molar-refractivity contribution in [2.45, 2.75) is 28.7 Å². The summed E-state index contributed by atoms with van der Waals surface area (Å²) in [5, 5.41) is 37.7. The second kappa shape index (κ2) is 8.75. The molecule has 17 heteroatoms. The molecule has 168 valence electrons. The van der Waals surface area contributed by atoms with Gasteiger partial charge in [-0.3, -0.25) is 14.5 Å². The quantitative estimate of drug-likeness (QED) is 0.106. The number of H-pyrrole nitrogens is 1. The number of aliphatic carboxylic acids is 1. The molecule has 0 radical (unpaired) electrons. The number of nitrogens with two attached hydrogens (primary N) is 1. The number of thioether (sulfide) groups is 2. The zero-order valence-corrected chi connectivity index (χ0v) is 18.6. The molecule has 0 bridgehead atoms. The molecule has 6 N–H and O–H groups in total. The molecule has 4 heterocycles. The zero-order chi connectivity index (χ0) is 23.0. The van der Waals surface area contributed by atoms with Crippen molar-refractivity contribution >= 4 is 63.6 Å². The number of tetrazole rings is 1. The van der Waals surface area contributed by atoms with Crippen molar-refractivity contribution in [3.63, 3.8) is 0 Å². The third kappa shape index (κ3) is 3.89. The predicted molar refractivity (Wildman–Crippen MR) is 114 cm³/mol. The fourth-order valence-electron chi connectivity index (χ4n) is 3.21. The molecular formula is C15H15N9O5S3. The number of amides is 2. The standard InChI is InChI=1S/C15H15N9O5S3/c1-4(31-15-18-22-23-19-15)5-3-30-13-9(12(26)24(13)10(5)14(27)28)17-11(25)8(20-29)6-2-7(16)32-21-6/h2,4,9,13,29H,3,16H2,1H3,(H,17,25)(H,27,28)(H,18,19,22,23)/t4?,9-,13+/m1/s1. The van der Waals surface area contributed by atoms with Gasteiger partial charge in [0.25, 0.3) is 11.8 Å². The van der Waals surface area contributed by atoms with Crippen LogP contribution in [0.3, 0.4) is 0 Å². The number of hydrogen-bond donors (Lipinski definition) is 5. The number of oxime groups is 1. The van der Waals surface area contributed by atoms with Crippen LogP contribution in [-0.4, -0.2) is 86.1 Å². The number of carboxylic acids is 1. The Morgan fingerprint density at radius 2 is 2.28 bits per heavy atom. The van der Waals surface area contributed by atoms with E-state index in [9.17, 15) is 24.7 Å². The maximum absolute atomic E-state index is 12.8. The Labute approximate surface area is 191 Å². The number of carbonyl (C=O) groups is 3. The number of carboxylic acid groups (broad SMARTS) is 1. The molecule has 14 nitrogen and oxygen atoms in total.